The number of carbonyl (C=O) groups is 1. The first-order chi connectivity index (χ1) is 11.2. The number of esters is 1. The summed E-state index contributed by atoms with van der Waals surface area (Å²) in [4.78, 5) is 16.9. The minimum atomic E-state index is -0.213. The molecule has 1 heterocycles. The van der Waals surface area contributed by atoms with E-state index in [0.717, 1.165) is 12.5 Å². The maximum absolute atomic E-state index is 11.2. The zero-order valence-electron chi connectivity index (χ0n) is 14.5. The van der Waals surface area contributed by atoms with Crippen LogP contribution < -0.4 is 10.6 Å². The highest BCUT2D eigenvalue weighted by Gasteiger charge is 2.34. The van der Waals surface area contributed by atoms with E-state index < -0.39 is 0 Å². The number of rotatable bonds is 6. The molecule has 2 rings (SSSR count). The lowest BCUT2D eigenvalue weighted by molar-refractivity contribution is -0.140. The smallest absolute Gasteiger partial charge is 0.307 e. The van der Waals surface area contributed by atoms with Crippen molar-refractivity contribution in [1.82, 2.24) is 10.6 Å². The molecular formula is C17H28IN3O2S. The molecule has 1 aliphatic rings. The van der Waals surface area contributed by atoms with Crippen LogP contribution in [0, 0.1) is 0 Å². The van der Waals surface area contributed by atoms with Gasteiger partial charge in [0.1, 0.15) is 0 Å². The number of ether oxygens (including phenoxy) is 1. The van der Waals surface area contributed by atoms with E-state index in [1.807, 2.05) is 11.3 Å². The van der Waals surface area contributed by atoms with Gasteiger partial charge < -0.3 is 15.4 Å². The number of methoxy groups -OCH3 is 1. The summed E-state index contributed by atoms with van der Waals surface area (Å²) >= 11 is 1.85. The van der Waals surface area contributed by atoms with Crippen LogP contribution >= 0.6 is 35.3 Å². The second-order valence-corrected chi connectivity index (χ2v) is 6.94. The lowest BCUT2D eigenvalue weighted by atomic mass is 9.73. The van der Waals surface area contributed by atoms with Gasteiger partial charge >= 0.3 is 5.97 Å². The summed E-state index contributed by atoms with van der Waals surface area (Å²) in [5.41, 5.74) is 0.215. The standard InChI is InChI=1S/C17H27N3O2S.HI/c1-18-16(19-11-8-15(21)22-2)20-13-17(9-4-3-5-10-17)14-7-6-12-23-14;/h6-7,12H,3-5,8-11,13H2,1-2H3,(H2,18,19,20);1H. The second kappa shape index (κ2) is 10.9. The van der Waals surface area contributed by atoms with E-state index in [-0.39, 0.29) is 35.4 Å². The molecule has 0 amide bonds. The molecule has 1 saturated carbocycles. The Morgan fingerprint density at radius 3 is 2.67 bits per heavy atom. The number of halogens is 1. The topological polar surface area (TPSA) is 62.7 Å². The van der Waals surface area contributed by atoms with Crippen LogP contribution in [0.2, 0.25) is 0 Å². The summed E-state index contributed by atoms with van der Waals surface area (Å²) in [5.74, 6) is 0.533. The van der Waals surface area contributed by atoms with Crippen LogP contribution in [0.1, 0.15) is 43.4 Å². The molecule has 0 unspecified atom stereocenters. The first-order valence-electron chi connectivity index (χ1n) is 8.25. The van der Waals surface area contributed by atoms with Gasteiger partial charge in [-0.2, -0.15) is 0 Å². The fourth-order valence-corrected chi connectivity index (χ4v) is 4.16. The van der Waals surface area contributed by atoms with Gasteiger partial charge in [-0.25, -0.2) is 0 Å². The van der Waals surface area contributed by atoms with Gasteiger partial charge in [-0.15, -0.1) is 35.3 Å². The predicted molar refractivity (Wildman–Crippen MR) is 110 cm³/mol. The van der Waals surface area contributed by atoms with E-state index >= 15 is 0 Å². The average molecular weight is 465 g/mol. The molecule has 0 saturated heterocycles. The highest BCUT2D eigenvalue weighted by atomic mass is 127. The van der Waals surface area contributed by atoms with Gasteiger partial charge in [-0.3, -0.25) is 9.79 Å². The van der Waals surface area contributed by atoms with Crippen molar-refractivity contribution < 1.29 is 9.53 Å². The Morgan fingerprint density at radius 1 is 1.33 bits per heavy atom. The Morgan fingerprint density at radius 2 is 2.08 bits per heavy atom. The third-order valence-corrected chi connectivity index (χ3v) is 5.64. The molecule has 2 N–H and O–H groups in total. The number of hydrogen-bond donors (Lipinski definition) is 2. The molecule has 1 aromatic rings. The maximum atomic E-state index is 11.2. The van der Waals surface area contributed by atoms with Gasteiger partial charge in [0.15, 0.2) is 5.96 Å². The number of nitrogens with one attached hydrogen (secondary N) is 2. The van der Waals surface area contributed by atoms with Crippen molar-refractivity contribution in [3.8, 4) is 0 Å². The van der Waals surface area contributed by atoms with Gasteiger partial charge in [-0.1, -0.05) is 25.3 Å². The van der Waals surface area contributed by atoms with E-state index in [0.29, 0.717) is 13.0 Å². The van der Waals surface area contributed by atoms with Crippen molar-refractivity contribution >= 4 is 47.2 Å². The van der Waals surface area contributed by atoms with Gasteiger partial charge in [0, 0.05) is 30.4 Å². The summed E-state index contributed by atoms with van der Waals surface area (Å²) in [5, 5.41) is 8.79. The fourth-order valence-electron chi connectivity index (χ4n) is 3.18. The summed E-state index contributed by atoms with van der Waals surface area (Å²) in [7, 11) is 3.16. The molecule has 136 valence electrons. The molecule has 0 aromatic carbocycles. The second-order valence-electron chi connectivity index (χ2n) is 6.00. The van der Waals surface area contributed by atoms with E-state index in [1.54, 1.807) is 7.05 Å². The van der Waals surface area contributed by atoms with Gasteiger partial charge in [-0.05, 0) is 24.3 Å². The lowest BCUT2D eigenvalue weighted by Gasteiger charge is -2.37. The Hall–Kier alpha value is -0.830. The van der Waals surface area contributed by atoms with Crippen molar-refractivity contribution in [3.05, 3.63) is 22.4 Å². The number of aliphatic imine (C=N–C) groups is 1. The Kier molecular flexibility index (Phi) is 9.65. The van der Waals surface area contributed by atoms with Crippen molar-refractivity contribution in [2.24, 2.45) is 4.99 Å². The molecule has 5 nitrogen and oxygen atoms in total. The molecule has 0 spiro atoms. The Labute approximate surface area is 165 Å². The summed E-state index contributed by atoms with van der Waals surface area (Å²) in [6.45, 7) is 1.41. The summed E-state index contributed by atoms with van der Waals surface area (Å²) in [6, 6.07) is 4.39. The summed E-state index contributed by atoms with van der Waals surface area (Å²) in [6.07, 6.45) is 6.69. The lowest BCUT2D eigenvalue weighted by Crippen LogP contribution is -2.46. The minimum absolute atomic E-state index is 0. The number of hydrogen-bond acceptors (Lipinski definition) is 4. The van der Waals surface area contributed by atoms with Crippen molar-refractivity contribution in [2.75, 3.05) is 27.2 Å². The quantitative estimate of drug-likeness (QED) is 0.293. The normalized spacial score (nSPS) is 16.8. The zero-order chi connectivity index (χ0) is 16.5. The fraction of sp³-hybridized carbons (Fsp3) is 0.647. The molecular weight excluding hydrogens is 437 g/mol. The van der Waals surface area contributed by atoms with Crippen LogP contribution in [0.4, 0.5) is 0 Å². The van der Waals surface area contributed by atoms with Crippen LogP contribution in [-0.4, -0.2) is 39.2 Å². The predicted octanol–water partition coefficient (Wildman–Crippen LogP) is 3.30. The summed E-state index contributed by atoms with van der Waals surface area (Å²) < 4.78 is 4.65. The first kappa shape index (κ1) is 21.2. The van der Waals surface area contributed by atoms with Crippen molar-refractivity contribution in [1.29, 1.82) is 0 Å². The Bertz CT molecular complexity index is 514. The monoisotopic (exact) mass is 465 g/mol. The van der Waals surface area contributed by atoms with Gasteiger partial charge in [0.05, 0.1) is 13.5 Å². The molecule has 1 aliphatic carbocycles. The van der Waals surface area contributed by atoms with E-state index in [2.05, 4.69) is 37.9 Å². The molecule has 1 fully saturated rings. The molecule has 7 heteroatoms. The Balaban J connectivity index is 0.00000288. The van der Waals surface area contributed by atoms with Crippen molar-refractivity contribution in [3.63, 3.8) is 0 Å². The number of carbonyl (C=O) groups excluding carboxylic acids is 1. The first-order valence-corrected chi connectivity index (χ1v) is 9.13. The highest BCUT2D eigenvalue weighted by molar-refractivity contribution is 14.0. The van der Waals surface area contributed by atoms with E-state index in [9.17, 15) is 4.79 Å². The molecule has 0 atom stereocenters. The third kappa shape index (κ3) is 5.91. The molecule has 0 radical (unpaired) electrons. The average Bonchev–Trinajstić information content (AvgIpc) is 3.13. The molecule has 0 aliphatic heterocycles. The van der Waals surface area contributed by atoms with Crippen LogP contribution in [-0.2, 0) is 14.9 Å². The van der Waals surface area contributed by atoms with Gasteiger partial charge in [0.2, 0.25) is 0 Å². The number of nitrogens with zero attached hydrogens (tertiary/aromatic N) is 1. The highest BCUT2D eigenvalue weighted by Crippen LogP contribution is 2.40. The zero-order valence-corrected chi connectivity index (χ0v) is 17.6. The molecule has 24 heavy (non-hydrogen) atoms. The number of guanidine groups is 1. The number of thiophene rings is 1. The van der Waals surface area contributed by atoms with Crippen LogP contribution in [0.3, 0.4) is 0 Å². The van der Waals surface area contributed by atoms with E-state index in [1.165, 1.54) is 44.1 Å². The van der Waals surface area contributed by atoms with Crippen LogP contribution in [0.15, 0.2) is 22.5 Å². The maximum Gasteiger partial charge on any atom is 0.307 e. The molecule has 1 aromatic heterocycles. The SMILES string of the molecule is CN=C(NCCC(=O)OC)NCC1(c2cccs2)CCCCC1.I. The molecule has 0 bridgehead atoms. The largest absolute Gasteiger partial charge is 0.469 e. The van der Waals surface area contributed by atoms with Crippen LogP contribution in [0.5, 0.6) is 0 Å². The van der Waals surface area contributed by atoms with Crippen molar-refractivity contribution in [2.45, 2.75) is 43.9 Å². The van der Waals surface area contributed by atoms with E-state index in [4.69, 9.17) is 0 Å². The van der Waals surface area contributed by atoms with Crippen LogP contribution in [0.25, 0.3) is 0 Å². The van der Waals surface area contributed by atoms with Gasteiger partial charge in [0.25, 0.3) is 0 Å². The third-order valence-electron chi connectivity index (χ3n) is 4.52. The minimum Gasteiger partial charge on any atom is -0.469 e.